The van der Waals surface area contributed by atoms with Crippen LogP contribution in [0, 0.1) is 30.6 Å². The molecule has 0 saturated heterocycles. The number of benzene rings is 1. The molecule has 0 aliphatic heterocycles. The van der Waals surface area contributed by atoms with Gasteiger partial charge in [-0.2, -0.15) is 0 Å². The van der Waals surface area contributed by atoms with E-state index in [1.54, 1.807) is 0 Å². The number of esters is 1. The Labute approximate surface area is 153 Å². The van der Waals surface area contributed by atoms with Crippen LogP contribution in [0.15, 0.2) is 24.3 Å². The zero-order valence-electron chi connectivity index (χ0n) is 16.0. The van der Waals surface area contributed by atoms with Crippen molar-refractivity contribution in [2.45, 2.75) is 78.1 Å². The van der Waals surface area contributed by atoms with E-state index in [-0.39, 0.29) is 11.9 Å². The van der Waals surface area contributed by atoms with Crippen LogP contribution in [0.1, 0.15) is 76.7 Å². The summed E-state index contributed by atoms with van der Waals surface area (Å²) in [5, 5.41) is 0. The normalized spacial score (nSPS) is 30.0. The van der Waals surface area contributed by atoms with E-state index in [9.17, 15) is 4.79 Å². The number of carbonyl (C=O) groups is 1. The lowest BCUT2D eigenvalue weighted by molar-refractivity contribution is -0.140. The Bertz CT molecular complexity index is 532. The summed E-state index contributed by atoms with van der Waals surface area (Å²) < 4.78 is 5.59. The highest BCUT2D eigenvalue weighted by Gasteiger charge is 2.33. The summed E-state index contributed by atoms with van der Waals surface area (Å²) in [5.41, 5.74) is 1.19. The van der Waals surface area contributed by atoms with Crippen LogP contribution in [0.3, 0.4) is 0 Å². The molecule has 2 nitrogen and oxygen atoms in total. The van der Waals surface area contributed by atoms with Gasteiger partial charge < -0.3 is 4.74 Å². The van der Waals surface area contributed by atoms with Crippen molar-refractivity contribution in [1.29, 1.82) is 0 Å². The molecule has 1 aromatic carbocycles. The Hall–Kier alpha value is -1.31. The first kappa shape index (κ1) is 18.5. The lowest BCUT2D eigenvalue weighted by Gasteiger charge is -2.37. The van der Waals surface area contributed by atoms with E-state index >= 15 is 0 Å². The van der Waals surface area contributed by atoms with Gasteiger partial charge in [-0.25, -0.2) is 0 Å². The van der Waals surface area contributed by atoms with E-state index in [1.165, 1.54) is 56.9 Å². The van der Waals surface area contributed by atoms with Crippen molar-refractivity contribution in [2.24, 2.45) is 23.7 Å². The molecule has 25 heavy (non-hydrogen) atoms. The quantitative estimate of drug-likeness (QED) is 0.463. The fourth-order valence-electron chi connectivity index (χ4n) is 4.99. The standard InChI is InChI=1S/C23H34O2/c1-3-4-18-7-9-19(10-8-18)20-11-13-21(14-12-20)23(24)25-22-15-5-17(2)6-16-22/h5-6,15-16,18-21H,3-4,7-14H2,1-2H3. The van der Waals surface area contributed by atoms with E-state index in [4.69, 9.17) is 4.74 Å². The second kappa shape index (κ2) is 8.87. The molecule has 2 heteroatoms. The van der Waals surface area contributed by atoms with E-state index in [2.05, 4.69) is 6.92 Å². The minimum Gasteiger partial charge on any atom is -0.426 e. The monoisotopic (exact) mass is 342 g/mol. The van der Waals surface area contributed by atoms with Crippen LogP contribution in [0.25, 0.3) is 0 Å². The Balaban J connectivity index is 1.42. The SMILES string of the molecule is CCCC1CCC(C2CCC(C(=O)Oc3ccc(C)cc3)CC2)CC1. The van der Waals surface area contributed by atoms with Crippen molar-refractivity contribution < 1.29 is 9.53 Å². The van der Waals surface area contributed by atoms with Gasteiger partial charge in [-0.1, -0.05) is 50.3 Å². The minimum absolute atomic E-state index is 0.0195. The average molecular weight is 343 g/mol. The number of hydrogen-bond acceptors (Lipinski definition) is 2. The number of hydrogen-bond donors (Lipinski definition) is 0. The Morgan fingerprint density at radius 1 is 0.920 bits per heavy atom. The van der Waals surface area contributed by atoms with E-state index < -0.39 is 0 Å². The van der Waals surface area contributed by atoms with Crippen LogP contribution in [0.4, 0.5) is 0 Å². The predicted octanol–water partition coefficient (Wildman–Crippen LogP) is 6.31. The van der Waals surface area contributed by atoms with Gasteiger partial charge >= 0.3 is 5.97 Å². The molecule has 0 N–H and O–H groups in total. The Kier molecular flexibility index (Phi) is 6.56. The third-order valence-corrected chi connectivity index (χ3v) is 6.60. The lowest BCUT2D eigenvalue weighted by atomic mass is 9.69. The molecule has 0 spiro atoms. The van der Waals surface area contributed by atoms with Gasteiger partial charge in [-0.3, -0.25) is 4.79 Å². The molecule has 2 fully saturated rings. The van der Waals surface area contributed by atoms with Gasteiger partial charge in [0.25, 0.3) is 0 Å². The summed E-state index contributed by atoms with van der Waals surface area (Å²) >= 11 is 0. The molecule has 0 radical (unpaired) electrons. The van der Waals surface area contributed by atoms with Crippen LogP contribution in [-0.4, -0.2) is 5.97 Å². The van der Waals surface area contributed by atoms with E-state index in [0.717, 1.165) is 30.6 Å². The molecular formula is C23H34O2. The molecule has 0 heterocycles. The molecule has 2 aliphatic carbocycles. The van der Waals surface area contributed by atoms with Crippen molar-refractivity contribution in [3.63, 3.8) is 0 Å². The van der Waals surface area contributed by atoms with Crippen molar-refractivity contribution in [3.05, 3.63) is 29.8 Å². The maximum Gasteiger partial charge on any atom is 0.314 e. The van der Waals surface area contributed by atoms with Crippen molar-refractivity contribution in [1.82, 2.24) is 0 Å². The number of carbonyl (C=O) groups excluding carboxylic acids is 1. The van der Waals surface area contributed by atoms with E-state index in [1.807, 2.05) is 31.2 Å². The molecule has 0 unspecified atom stereocenters. The van der Waals surface area contributed by atoms with Gasteiger partial charge in [-0.05, 0) is 75.3 Å². The number of ether oxygens (including phenoxy) is 1. The molecule has 1 aromatic rings. The highest BCUT2D eigenvalue weighted by Crippen LogP contribution is 2.42. The summed E-state index contributed by atoms with van der Waals surface area (Å²) in [6.45, 7) is 4.35. The number of rotatable bonds is 5. The second-order valence-electron chi connectivity index (χ2n) is 8.42. The molecule has 138 valence electrons. The highest BCUT2D eigenvalue weighted by atomic mass is 16.5. The maximum atomic E-state index is 12.4. The van der Waals surface area contributed by atoms with Gasteiger partial charge in [0, 0.05) is 0 Å². The summed E-state index contributed by atoms with van der Waals surface area (Å²) in [4.78, 5) is 12.4. The largest absolute Gasteiger partial charge is 0.426 e. The second-order valence-corrected chi connectivity index (χ2v) is 8.42. The van der Waals surface area contributed by atoms with Gasteiger partial charge in [0.2, 0.25) is 0 Å². The molecule has 2 aliphatic rings. The van der Waals surface area contributed by atoms with Crippen LogP contribution >= 0.6 is 0 Å². The smallest absolute Gasteiger partial charge is 0.314 e. The molecule has 3 rings (SSSR count). The molecule has 2 saturated carbocycles. The van der Waals surface area contributed by atoms with Crippen molar-refractivity contribution >= 4 is 5.97 Å². The predicted molar refractivity (Wildman–Crippen MR) is 103 cm³/mol. The summed E-state index contributed by atoms with van der Waals surface area (Å²) in [7, 11) is 0. The van der Waals surface area contributed by atoms with Gasteiger partial charge in [-0.15, -0.1) is 0 Å². The van der Waals surface area contributed by atoms with E-state index in [0.29, 0.717) is 5.75 Å². The minimum atomic E-state index is -0.0195. The zero-order chi connectivity index (χ0) is 17.6. The zero-order valence-corrected chi connectivity index (χ0v) is 16.0. The number of aryl methyl sites for hydroxylation is 1. The van der Waals surface area contributed by atoms with Crippen LogP contribution < -0.4 is 4.74 Å². The summed E-state index contributed by atoms with van der Waals surface area (Å²) in [6, 6.07) is 7.78. The van der Waals surface area contributed by atoms with Gasteiger partial charge in [0.05, 0.1) is 5.92 Å². The fraction of sp³-hybridized carbons (Fsp3) is 0.696. The van der Waals surface area contributed by atoms with Crippen molar-refractivity contribution in [3.8, 4) is 5.75 Å². The first-order chi connectivity index (χ1) is 12.2. The highest BCUT2D eigenvalue weighted by molar-refractivity contribution is 5.75. The molecule has 0 amide bonds. The lowest BCUT2D eigenvalue weighted by Crippen LogP contribution is -2.30. The fourth-order valence-corrected chi connectivity index (χ4v) is 4.99. The summed E-state index contributed by atoms with van der Waals surface area (Å²) in [6.07, 6.45) is 13.0. The maximum absolute atomic E-state index is 12.4. The molecule has 0 atom stereocenters. The molecule has 0 bridgehead atoms. The summed E-state index contributed by atoms with van der Waals surface area (Å²) in [5.74, 6) is 3.53. The Morgan fingerprint density at radius 2 is 1.48 bits per heavy atom. The Morgan fingerprint density at radius 3 is 2.04 bits per heavy atom. The third-order valence-electron chi connectivity index (χ3n) is 6.60. The van der Waals surface area contributed by atoms with Crippen LogP contribution in [-0.2, 0) is 4.79 Å². The molecular weight excluding hydrogens is 308 g/mol. The first-order valence-corrected chi connectivity index (χ1v) is 10.4. The van der Waals surface area contributed by atoms with Gasteiger partial charge in [0.15, 0.2) is 0 Å². The van der Waals surface area contributed by atoms with Gasteiger partial charge in [0.1, 0.15) is 5.75 Å². The van der Waals surface area contributed by atoms with Crippen molar-refractivity contribution in [2.75, 3.05) is 0 Å². The topological polar surface area (TPSA) is 26.3 Å². The van der Waals surface area contributed by atoms with Crippen LogP contribution in [0.2, 0.25) is 0 Å². The van der Waals surface area contributed by atoms with Crippen LogP contribution in [0.5, 0.6) is 5.75 Å². The first-order valence-electron chi connectivity index (χ1n) is 10.4. The third kappa shape index (κ3) is 5.09. The molecule has 0 aromatic heterocycles. The average Bonchev–Trinajstić information content (AvgIpc) is 2.65.